The van der Waals surface area contributed by atoms with Gasteiger partial charge in [-0.3, -0.25) is 4.79 Å². The number of carbonyl (C=O) groups is 2. The summed E-state index contributed by atoms with van der Waals surface area (Å²) in [7, 11) is 0. The normalized spacial score (nSPS) is 14.1. The Balaban J connectivity index is 1.32. The van der Waals surface area contributed by atoms with Crippen molar-refractivity contribution in [2.75, 3.05) is 10.6 Å². The van der Waals surface area contributed by atoms with E-state index in [9.17, 15) is 9.59 Å². The summed E-state index contributed by atoms with van der Waals surface area (Å²) in [4.78, 5) is 24.8. The summed E-state index contributed by atoms with van der Waals surface area (Å²) in [6.45, 7) is 0.305. The van der Waals surface area contributed by atoms with Crippen LogP contribution in [0.1, 0.15) is 24.2 Å². The van der Waals surface area contributed by atoms with Crippen LogP contribution in [-0.4, -0.2) is 11.9 Å². The number of furan rings is 1. The number of carbonyl (C=O) groups excluding carboxylic acids is 2. The van der Waals surface area contributed by atoms with Gasteiger partial charge in [-0.15, -0.1) is 0 Å². The molecule has 0 atom stereocenters. The molecule has 1 aromatic heterocycles. The van der Waals surface area contributed by atoms with Gasteiger partial charge in [0.05, 0.1) is 18.2 Å². The first-order valence-corrected chi connectivity index (χ1v) is 9.68. The van der Waals surface area contributed by atoms with E-state index in [1.807, 2.05) is 24.3 Å². The zero-order valence-electron chi connectivity index (χ0n) is 15.6. The Labute approximate surface area is 173 Å². The van der Waals surface area contributed by atoms with Crippen LogP contribution in [0, 0.1) is 0 Å². The third kappa shape index (κ3) is 4.43. The molecule has 1 aliphatic rings. The standard InChI is InChI=1S/C22H20ClN3O3/c23-16-5-3-15(4-6-16)22(11-12-22)20(27)25-17-7-9-18(10-8-17)26-21(28)24-14-19-2-1-13-29-19/h1-10,13H,11-12,14H2,(H,25,27)(H2,24,26,28). The van der Waals surface area contributed by atoms with E-state index in [0.29, 0.717) is 28.7 Å². The van der Waals surface area contributed by atoms with Gasteiger partial charge in [0.25, 0.3) is 0 Å². The van der Waals surface area contributed by atoms with Gasteiger partial charge in [-0.1, -0.05) is 23.7 Å². The van der Waals surface area contributed by atoms with E-state index in [-0.39, 0.29) is 11.9 Å². The molecule has 4 rings (SSSR count). The Bertz CT molecular complexity index is 995. The Hall–Kier alpha value is -3.25. The maximum atomic E-state index is 12.8. The third-order valence-electron chi connectivity index (χ3n) is 4.99. The van der Waals surface area contributed by atoms with Gasteiger partial charge in [-0.25, -0.2) is 4.79 Å². The van der Waals surface area contributed by atoms with Crippen molar-refractivity contribution >= 4 is 34.9 Å². The van der Waals surface area contributed by atoms with Crippen LogP contribution in [0.5, 0.6) is 0 Å². The molecule has 0 spiro atoms. The van der Waals surface area contributed by atoms with Gasteiger partial charge < -0.3 is 20.4 Å². The van der Waals surface area contributed by atoms with Crippen LogP contribution < -0.4 is 16.0 Å². The minimum Gasteiger partial charge on any atom is -0.467 e. The molecule has 29 heavy (non-hydrogen) atoms. The van der Waals surface area contributed by atoms with Gasteiger partial charge in [0.15, 0.2) is 0 Å². The number of urea groups is 1. The highest BCUT2D eigenvalue weighted by atomic mass is 35.5. The number of benzene rings is 2. The number of amides is 3. The minimum atomic E-state index is -0.479. The first-order chi connectivity index (χ1) is 14.0. The summed E-state index contributed by atoms with van der Waals surface area (Å²) in [5.74, 6) is 0.643. The lowest BCUT2D eigenvalue weighted by atomic mass is 9.95. The first-order valence-electron chi connectivity index (χ1n) is 9.30. The maximum Gasteiger partial charge on any atom is 0.319 e. The predicted molar refractivity (Wildman–Crippen MR) is 112 cm³/mol. The van der Waals surface area contributed by atoms with E-state index >= 15 is 0 Å². The highest BCUT2D eigenvalue weighted by molar-refractivity contribution is 6.30. The van der Waals surface area contributed by atoms with Crippen molar-refractivity contribution in [2.24, 2.45) is 0 Å². The molecule has 1 aliphatic carbocycles. The molecule has 6 nitrogen and oxygen atoms in total. The Morgan fingerprint density at radius 2 is 1.59 bits per heavy atom. The summed E-state index contributed by atoms with van der Waals surface area (Å²) in [5, 5.41) is 9.07. The van der Waals surface area contributed by atoms with Crippen molar-refractivity contribution in [3.63, 3.8) is 0 Å². The fraction of sp³-hybridized carbons (Fsp3) is 0.182. The molecule has 3 amide bonds. The van der Waals surface area contributed by atoms with Crippen molar-refractivity contribution in [1.29, 1.82) is 0 Å². The number of hydrogen-bond acceptors (Lipinski definition) is 3. The Morgan fingerprint density at radius 1 is 0.931 bits per heavy atom. The lowest BCUT2D eigenvalue weighted by Crippen LogP contribution is -2.28. The summed E-state index contributed by atoms with van der Waals surface area (Å²) < 4.78 is 5.17. The average molecular weight is 410 g/mol. The van der Waals surface area contributed by atoms with Gasteiger partial charge in [-0.2, -0.15) is 0 Å². The molecule has 1 heterocycles. The molecular formula is C22H20ClN3O3. The lowest BCUT2D eigenvalue weighted by Gasteiger charge is -2.16. The SMILES string of the molecule is O=C(NCc1ccco1)Nc1ccc(NC(=O)C2(c3ccc(Cl)cc3)CC2)cc1. The fourth-order valence-electron chi connectivity index (χ4n) is 3.18. The van der Waals surface area contributed by atoms with Crippen LogP contribution in [-0.2, 0) is 16.8 Å². The van der Waals surface area contributed by atoms with Crippen molar-refractivity contribution in [1.82, 2.24) is 5.32 Å². The van der Waals surface area contributed by atoms with E-state index in [1.54, 1.807) is 42.7 Å². The molecule has 148 valence electrons. The summed E-state index contributed by atoms with van der Waals surface area (Å²) in [6, 6.07) is 17.6. The van der Waals surface area contributed by atoms with Crippen LogP contribution in [0.4, 0.5) is 16.2 Å². The molecule has 3 aromatic rings. The molecule has 0 radical (unpaired) electrons. The fourth-order valence-corrected chi connectivity index (χ4v) is 3.31. The van der Waals surface area contributed by atoms with E-state index in [0.717, 1.165) is 18.4 Å². The van der Waals surface area contributed by atoms with Crippen molar-refractivity contribution in [3.05, 3.63) is 83.3 Å². The highest BCUT2D eigenvalue weighted by Gasteiger charge is 2.51. The topological polar surface area (TPSA) is 83.4 Å². The predicted octanol–water partition coefficient (Wildman–Crippen LogP) is 4.93. The van der Waals surface area contributed by atoms with Crippen molar-refractivity contribution < 1.29 is 14.0 Å². The quantitative estimate of drug-likeness (QED) is 0.540. The molecule has 1 fully saturated rings. The summed E-state index contributed by atoms with van der Waals surface area (Å²) in [6.07, 6.45) is 3.19. The average Bonchev–Trinajstić information content (AvgIpc) is 3.37. The third-order valence-corrected chi connectivity index (χ3v) is 5.24. The van der Waals surface area contributed by atoms with Gasteiger partial charge in [0, 0.05) is 16.4 Å². The van der Waals surface area contributed by atoms with Crippen LogP contribution in [0.3, 0.4) is 0 Å². The van der Waals surface area contributed by atoms with E-state index in [4.69, 9.17) is 16.0 Å². The second-order valence-electron chi connectivity index (χ2n) is 7.01. The molecule has 3 N–H and O–H groups in total. The van der Waals surface area contributed by atoms with Gasteiger partial charge >= 0.3 is 6.03 Å². The first kappa shape index (κ1) is 19.1. The van der Waals surface area contributed by atoms with E-state index < -0.39 is 5.41 Å². The van der Waals surface area contributed by atoms with Crippen LogP contribution in [0.15, 0.2) is 71.3 Å². The van der Waals surface area contributed by atoms with Gasteiger partial charge in [0.1, 0.15) is 5.76 Å². The minimum absolute atomic E-state index is 0.0308. The lowest BCUT2D eigenvalue weighted by molar-refractivity contribution is -0.118. The second kappa shape index (κ2) is 8.01. The van der Waals surface area contributed by atoms with Gasteiger partial charge in [0.2, 0.25) is 5.91 Å². The molecule has 0 bridgehead atoms. The van der Waals surface area contributed by atoms with Crippen molar-refractivity contribution in [3.8, 4) is 0 Å². The molecule has 0 unspecified atom stereocenters. The van der Waals surface area contributed by atoms with E-state index in [2.05, 4.69) is 16.0 Å². The summed E-state index contributed by atoms with van der Waals surface area (Å²) >= 11 is 5.95. The molecule has 7 heteroatoms. The van der Waals surface area contributed by atoms with Crippen LogP contribution in [0.25, 0.3) is 0 Å². The Morgan fingerprint density at radius 3 is 2.17 bits per heavy atom. The molecule has 0 aliphatic heterocycles. The zero-order valence-corrected chi connectivity index (χ0v) is 16.3. The van der Waals surface area contributed by atoms with Gasteiger partial charge in [-0.05, 0) is 66.9 Å². The largest absolute Gasteiger partial charge is 0.467 e. The molecular weight excluding hydrogens is 390 g/mol. The number of nitrogens with one attached hydrogen (secondary N) is 3. The van der Waals surface area contributed by atoms with Crippen molar-refractivity contribution in [2.45, 2.75) is 24.8 Å². The second-order valence-corrected chi connectivity index (χ2v) is 7.44. The molecule has 1 saturated carbocycles. The number of anilines is 2. The van der Waals surface area contributed by atoms with E-state index in [1.165, 1.54) is 0 Å². The monoisotopic (exact) mass is 409 g/mol. The Kier molecular flexibility index (Phi) is 5.27. The zero-order chi connectivity index (χ0) is 20.3. The summed E-state index contributed by atoms with van der Waals surface area (Å²) in [5.41, 5.74) is 1.80. The highest BCUT2D eigenvalue weighted by Crippen LogP contribution is 2.49. The smallest absolute Gasteiger partial charge is 0.319 e. The number of rotatable bonds is 6. The van der Waals surface area contributed by atoms with Crippen LogP contribution in [0.2, 0.25) is 5.02 Å². The maximum absolute atomic E-state index is 12.8. The molecule has 0 saturated heterocycles. The van der Waals surface area contributed by atoms with Crippen LogP contribution >= 0.6 is 11.6 Å². The number of hydrogen-bond donors (Lipinski definition) is 3. The molecule has 2 aromatic carbocycles. The number of halogens is 1.